The summed E-state index contributed by atoms with van der Waals surface area (Å²) in [6.45, 7) is 6.49. The first kappa shape index (κ1) is 63.1. The van der Waals surface area contributed by atoms with Gasteiger partial charge in [-0.3, -0.25) is 14.4 Å². The standard InChI is InChI=1S/C60H106O6/c1-4-7-10-13-16-19-22-25-27-29-31-32-35-38-41-44-47-50-53-59(62)65-56-57(55-64-58(61)52-49-46-43-40-37-34-24-21-18-15-12-9-6-3)66-60(63)54-51-48-45-42-39-36-33-30-28-26-23-20-17-14-11-8-5-2/h9,12,15,18,21,24,26,28,34,37,57H,4-8,10-11,13-14,16-17,19-20,22-23,25,27,29-33,35-36,38-56H2,1-3H3/b12-9-,18-15-,24-21-,28-26-,37-34-. The van der Waals surface area contributed by atoms with Crippen LogP contribution in [-0.2, 0) is 28.6 Å². The van der Waals surface area contributed by atoms with E-state index in [0.29, 0.717) is 19.3 Å². The molecule has 0 bridgehead atoms. The van der Waals surface area contributed by atoms with Gasteiger partial charge in [-0.05, 0) is 64.2 Å². The fourth-order valence-electron chi connectivity index (χ4n) is 8.10. The molecule has 66 heavy (non-hydrogen) atoms. The van der Waals surface area contributed by atoms with Crippen molar-refractivity contribution in [2.75, 3.05) is 13.2 Å². The van der Waals surface area contributed by atoms with Crippen LogP contribution in [0.15, 0.2) is 60.8 Å². The highest BCUT2D eigenvalue weighted by Crippen LogP contribution is 2.16. The second-order valence-corrected chi connectivity index (χ2v) is 18.9. The van der Waals surface area contributed by atoms with Gasteiger partial charge in [0, 0.05) is 19.3 Å². The first-order valence-electron chi connectivity index (χ1n) is 28.3. The van der Waals surface area contributed by atoms with Crippen LogP contribution in [0.5, 0.6) is 0 Å². The Bertz CT molecular complexity index is 1200. The summed E-state index contributed by atoms with van der Waals surface area (Å²) in [7, 11) is 0. The molecule has 0 amide bonds. The molecule has 0 rings (SSSR count). The molecule has 0 aromatic heterocycles. The minimum atomic E-state index is -0.790. The van der Waals surface area contributed by atoms with Crippen molar-refractivity contribution in [3.05, 3.63) is 60.8 Å². The van der Waals surface area contributed by atoms with Gasteiger partial charge in [0.1, 0.15) is 13.2 Å². The van der Waals surface area contributed by atoms with Gasteiger partial charge in [-0.25, -0.2) is 0 Å². The number of carbonyl (C=O) groups excluding carboxylic acids is 3. The summed E-state index contributed by atoms with van der Waals surface area (Å²) in [6, 6.07) is 0. The summed E-state index contributed by atoms with van der Waals surface area (Å²) in [6.07, 6.45) is 67.9. The zero-order valence-electron chi connectivity index (χ0n) is 43.7. The largest absolute Gasteiger partial charge is 0.462 e. The van der Waals surface area contributed by atoms with E-state index in [-0.39, 0.29) is 31.1 Å². The molecule has 0 radical (unpaired) electrons. The second kappa shape index (κ2) is 54.7. The number of carbonyl (C=O) groups is 3. The Morgan fingerprint density at radius 1 is 0.318 bits per heavy atom. The maximum atomic E-state index is 12.8. The summed E-state index contributed by atoms with van der Waals surface area (Å²) in [5.74, 6) is -0.920. The molecule has 0 aliphatic carbocycles. The number of allylic oxidation sites excluding steroid dienone is 10. The van der Waals surface area contributed by atoms with Crippen LogP contribution < -0.4 is 0 Å². The SMILES string of the molecule is CC\C=C/C=C\C=C/C=C\CCCCCC(=O)OCC(COC(=O)CCCCCCCCCCCCCCCCCCCC)OC(=O)CCCCCCCCC/C=C\CCCCCCCC. The van der Waals surface area contributed by atoms with E-state index in [4.69, 9.17) is 14.2 Å². The molecule has 6 heteroatoms. The monoisotopic (exact) mass is 923 g/mol. The van der Waals surface area contributed by atoms with Gasteiger partial charge in [0.2, 0.25) is 0 Å². The molecule has 0 saturated carbocycles. The first-order valence-corrected chi connectivity index (χ1v) is 28.3. The maximum Gasteiger partial charge on any atom is 0.306 e. The Hall–Kier alpha value is -2.89. The number of hydrogen-bond donors (Lipinski definition) is 0. The van der Waals surface area contributed by atoms with Gasteiger partial charge >= 0.3 is 17.9 Å². The molecule has 1 unspecified atom stereocenters. The molecule has 0 spiro atoms. The molecule has 382 valence electrons. The zero-order chi connectivity index (χ0) is 47.9. The van der Waals surface area contributed by atoms with Gasteiger partial charge in [0.05, 0.1) is 0 Å². The van der Waals surface area contributed by atoms with E-state index in [0.717, 1.165) is 70.6 Å². The molecule has 0 aromatic carbocycles. The summed E-state index contributed by atoms with van der Waals surface area (Å²) in [5, 5.41) is 0. The van der Waals surface area contributed by atoms with Crippen molar-refractivity contribution in [3.8, 4) is 0 Å². The second-order valence-electron chi connectivity index (χ2n) is 18.9. The molecule has 0 heterocycles. The third kappa shape index (κ3) is 52.1. The molecular weight excluding hydrogens is 817 g/mol. The van der Waals surface area contributed by atoms with E-state index >= 15 is 0 Å². The molecule has 0 aliphatic rings. The Kier molecular flexibility index (Phi) is 52.3. The van der Waals surface area contributed by atoms with Crippen molar-refractivity contribution in [2.45, 2.75) is 290 Å². The van der Waals surface area contributed by atoms with E-state index in [9.17, 15) is 14.4 Å². The fraction of sp³-hybridized carbons (Fsp3) is 0.783. The van der Waals surface area contributed by atoms with Crippen LogP contribution in [-0.4, -0.2) is 37.2 Å². The lowest BCUT2D eigenvalue weighted by Gasteiger charge is -2.18. The minimum absolute atomic E-state index is 0.0862. The summed E-state index contributed by atoms with van der Waals surface area (Å²) in [4.78, 5) is 38.1. The van der Waals surface area contributed by atoms with Crippen molar-refractivity contribution in [1.29, 1.82) is 0 Å². The summed E-state index contributed by atoms with van der Waals surface area (Å²) < 4.78 is 16.8. The maximum absolute atomic E-state index is 12.8. The topological polar surface area (TPSA) is 78.9 Å². The van der Waals surface area contributed by atoms with E-state index in [2.05, 4.69) is 51.2 Å². The third-order valence-electron chi connectivity index (χ3n) is 12.4. The van der Waals surface area contributed by atoms with Crippen LogP contribution in [0.1, 0.15) is 284 Å². The van der Waals surface area contributed by atoms with Gasteiger partial charge in [-0.2, -0.15) is 0 Å². The molecule has 1 atom stereocenters. The van der Waals surface area contributed by atoms with Gasteiger partial charge in [-0.1, -0.05) is 261 Å². The number of unbranched alkanes of at least 4 members (excludes halogenated alkanes) is 33. The predicted molar refractivity (Wildman–Crippen MR) is 284 cm³/mol. The Labute approximate surface area is 409 Å². The van der Waals surface area contributed by atoms with Crippen LogP contribution >= 0.6 is 0 Å². The zero-order valence-corrected chi connectivity index (χ0v) is 43.7. The van der Waals surface area contributed by atoms with Crippen molar-refractivity contribution in [2.24, 2.45) is 0 Å². The van der Waals surface area contributed by atoms with E-state index in [1.54, 1.807) is 0 Å². The lowest BCUT2D eigenvalue weighted by Crippen LogP contribution is -2.30. The highest BCUT2D eigenvalue weighted by atomic mass is 16.6. The first-order chi connectivity index (χ1) is 32.5. The lowest BCUT2D eigenvalue weighted by atomic mass is 10.0. The number of ether oxygens (including phenoxy) is 3. The van der Waals surface area contributed by atoms with Gasteiger partial charge in [0.25, 0.3) is 0 Å². The molecular formula is C60H106O6. The number of rotatable bonds is 51. The molecule has 0 saturated heterocycles. The molecule has 6 nitrogen and oxygen atoms in total. The lowest BCUT2D eigenvalue weighted by molar-refractivity contribution is -0.167. The molecule has 0 fully saturated rings. The smallest absolute Gasteiger partial charge is 0.306 e. The van der Waals surface area contributed by atoms with E-state index in [1.807, 2.05) is 30.4 Å². The fourth-order valence-corrected chi connectivity index (χ4v) is 8.10. The molecule has 0 aliphatic heterocycles. The average Bonchev–Trinajstić information content (AvgIpc) is 3.31. The third-order valence-corrected chi connectivity index (χ3v) is 12.4. The van der Waals surface area contributed by atoms with Crippen molar-refractivity contribution >= 4 is 17.9 Å². The number of hydrogen-bond acceptors (Lipinski definition) is 6. The van der Waals surface area contributed by atoms with Crippen molar-refractivity contribution in [3.63, 3.8) is 0 Å². The summed E-state index contributed by atoms with van der Waals surface area (Å²) >= 11 is 0. The van der Waals surface area contributed by atoms with E-state index in [1.165, 1.54) is 173 Å². The normalized spacial score (nSPS) is 12.5. The Balaban J connectivity index is 4.38. The van der Waals surface area contributed by atoms with Gasteiger partial charge in [0.15, 0.2) is 6.10 Å². The summed E-state index contributed by atoms with van der Waals surface area (Å²) in [5.41, 5.74) is 0. The van der Waals surface area contributed by atoms with Crippen LogP contribution in [0.2, 0.25) is 0 Å². The number of esters is 3. The minimum Gasteiger partial charge on any atom is -0.462 e. The highest BCUT2D eigenvalue weighted by Gasteiger charge is 2.19. The van der Waals surface area contributed by atoms with E-state index < -0.39 is 6.10 Å². The van der Waals surface area contributed by atoms with Gasteiger partial charge < -0.3 is 14.2 Å². The molecule has 0 N–H and O–H groups in total. The predicted octanol–water partition coefficient (Wildman–Crippen LogP) is 18.8. The Morgan fingerprint density at radius 2 is 0.606 bits per heavy atom. The highest BCUT2D eigenvalue weighted by molar-refractivity contribution is 5.71. The van der Waals surface area contributed by atoms with Crippen molar-refractivity contribution in [1.82, 2.24) is 0 Å². The van der Waals surface area contributed by atoms with Crippen LogP contribution in [0.3, 0.4) is 0 Å². The van der Waals surface area contributed by atoms with Crippen LogP contribution in [0, 0.1) is 0 Å². The van der Waals surface area contributed by atoms with Gasteiger partial charge in [-0.15, -0.1) is 0 Å². The Morgan fingerprint density at radius 3 is 0.985 bits per heavy atom. The molecule has 0 aromatic rings. The van der Waals surface area contributed by atoms with Crippen LogP contribution in [0.25, 0.3) is 0 Å². The average molecular weight is 924 g/mol. The van der Waals surface area contributed by atoms with Crippen LogP contribution in [0.4, 0.5) is 0 Å². The quantitative estimate of drug-likeness (QED) is 0.0199. The van der Waals surface area contributed by atoms with Crippen molar-refractivity contribution < 1.29 is 28.6 Å².